The fourth-order valence-electron chi connectivity index (χ4n) is 3.36. The van der Waals surface area contributed by atoms with Gasteiger partial charge in [-0.1, -0.05) is 30.3 Å². The van der Waals surface area contributed by atoms with Gasteiger partial charge in [0.05, 0.1) is 5.69 Å². The van der Waals surface area contributed by atoms with Crippen LogP contribution in [0.5, 0.6) is 5.75 Å². The van der Waals surface area contributed by atoms with E-state index in [2.05, 4.69) is 10.3 Å². The summed E-state index contributed by atoms with van der Waals surface area (Å²) in [6.45, 7) is 0.231. The van der Waals surface area contributed by atoms with Crippen LogP contribution in [-0.4, -0.2) is 23.3 Å². The summed E-state index contributed by atoms with van der Waals surface area (Å²) in [4.78, 5) is 31.1. The lowest BCUT2D eigenvalue weighted by Crippen LogP contribution is -2.42. The topological polar surface area (TPSA) is 71.5 Å². The summed E-state index contributed by atoms with van der Waals surface area (Å²) in [6, 6.07) is 15.5. The van der Waals surface area contributed by atoms with Crippen LogP contribution < -0.4 is 15.0 Å². The molecule has 0 saturated heterocycles. The van der Waals surface area contributed by atoms with Gasteiger partial charge in [-0.25, -0.2) is 13.8 Å². The number of hydrogen-bond acceptors (Lipinski definition) is 4. The Morgan fingerprint density at radius 2 is 1.90 bits per heavy atom. The second kappa shape index (κ2) is 8.91. The largest absolute Gasteiger partial charge is 0.472 e. The standard InChI is InChI=1S/C23H19F2N3O3/c24-16-10-11-18(17(25)14-16)27-20(29)9-5-13-28-22-19(8-4-12-26-22)31-21(23(28)30)15-6-2-1-3-7-15/h1-4,6-8,10-12,14,21H,5,9,13H2,(H,27,29)/t21-/m1/s1. The highest BCUT2D eigenvalue weighted by Crippen LogP contribution is 2.37. The van der Waals surface area contributed by atoms with Gasteiger partial charge in [0.2, 0.25) is 12.0 Å². The van der Waals surface area contributed by atoms with E-state index in [0.29, 0.717) is 24.1 Å². The Labute approximate surface area is 177 Å². The Hall–Kier alpha value is -3.81. The molecular formula is C23H19F2N3O3. The molecule has 2 amide bonds. The van der Waals surface area contributed by atoms with Crippen LogP contribution in [0.2, 0.25) is 0 Å². The molecule has 1 aromatic heterocycles. The number of rotatable bonds is 6. The third-order valence-electron chi connectivity index (χ3n) is 4.83. The van der Waals surface area contributed by atoms with Gasteiger partial charge in [-0.05, 0) is 30.7 Å². The molecule has 1 atom stereocenters. The van der Waals surface area contributed by atoms with Gasteiger partial charge in [0.1, 0.15) is 11.6 Å². The highest BCUT2D eigenvalue weighted by molar-refractivity contribution is 5.99. The summed E-state index contributed by atoms with van der Waals surface area (Å²) < 4.78 is 32.6. The molecule has 31 heavy (non-hydrogen) atoms. The smallest absolute Gasteiger partial charge is 0.274 e. The van der Waals surface area contributed by atoms with Crippen LogP contribution in [0.3, 0.4) is 0 Å². The van der Waals surface area contributed by atoms with Crippen molar-refractivity contribution in [3.8, 4) is 5.75 Å². The summed E-state index contributed by atoms with van der Waals surface area (Å²) in [5.41, 5.74) is 0.626. The Kier molecular flexibility index (Phi) is 5.88. The maximum absolute atomic E-state index is 13.7. The number of amides is 2. The number of aromatic nitrogens is 1. The fourth-order valence-corrected chi connectivity index (χ4v) is 3.36. The molecule has 0 saturated carbocycles. The Morgan fingerprint density at radius 1 is 1.10 bits per heavy atom. The zero-order chi connectivity index (χ0) is 21.8. The second-order valence-corrected chi connectivity index (χ2v) is 7.00. The quantitative estimate of drug-likeness (QED) is 0.644. The summed E-state index contributed by atoms with van der Waals surface area (Å²) in [6.07, 6.45) is 1.12. The van der Waals surface area contributed by atoms with Crippen LogP contribution in [0.4, 0.5) is 20.3 Å². The number of benzene rings is 2. The number of hydrogen-bond donors (Lipinski definition) is 1. The van der Waals surface area contributed by atoms with Crippen LogP contribution in [0.1, 0.15) is 24.5 Å². The molecule has 0 aliphatic carbocycles. The van der Waals surface area contributed by atoms with Crippen LogP contribution in [-0.2, 0) is 9.59 Å². The van der Waals surface area contributed by atoms with Crippen molar-refractivity contribution >= 4 is 23.3 Å². The zero-order valence-electron chi connectivity index (χ0n) is 16.4. The van der Waals surface area contributed by atoms with Gasteiger partial charge in [0.15, 0.2) is 11.6 Å². The van der Waals surface area contributed by atoms with E-state index in [4.69, 9.17) is 4.74 Å². The molecule has 6 nitrogen and oxygen atoms in total. The average molecular weight is 423 g/mol. The first kappa shape index (κ1) is 20.5. The highest BCUT2D eigenvalue weighted by atomic mass is 19.1. The summed E-state index contributed by atoms with van der Waals surface area (Å²) in [7, 11) is 0. The molecule has 0 spiro atoms. The van der Waals surface area contributed by atoms with Gasteiger partial charge in [-0.3, -0.25) is 14.5 Å². The molecule has 0 radical (unpaired) electrons. The van der Waals surface area contributed by atoms with E-state index < -0.39 is 23.6 Å². The van der Waals surface area contributed by atoms with Gasteiger partial charge >= 0.3 is 0 Å². The molecule has 3 aromatic rings. The fraction of sp³-hybridized carbons (Fsp3) is 0.174. The first-order valence-corrected chi connectivity index (χ1v) is 9.76. The summed E-state index contributed by atoms with van der Waals surface area (Å²) >= 11 is 0. The second-order valence-electron chi connectivity index (χ2n) is 7.00. The Morgan fingerprint density at radius 3 is 2.68 bits per heavy atom. The van der Waals surface area contributed by atoms with Crippen molar-refractivity contribution in [3.63, 3.8) is 0 Å². The molecule has 0 unspecified atom stereocenters. The molecule has 2 heterocycles. The number of carbonyl (C=O) groups is 2. The van der Waals surface area contributed by atoms with Gasteiger partial charge in [0, 0.05) is 30.8 Å². The number of nitrogens with one attached hydrogen (secondary N) is 1. The van der Waals surface area contributed by atoms with Crippen molar-refractivity contribution < 1.29 is 23.1 Å². The third-order valence-corrected chi connectivity index (χ3v) is 4.83. The van der Waals surface area contributed by atoms with Gasteiger partial charge in [-0.2, -0.15) is 0 Å². The molecule has 4 rings (SSSR count). The number of nitrogens with zero attached hydrogens (tertiary/aromatic N) is 2. The molecule has 8 heteroatoms. The predicted octanol–water partition coefficient (Wildman–Crippen LogP) is 4.25. The number of anilines is 2. The van der Waals surface area contributed by atoms with E-state index in [1.165, 1.54) is 11.0 Å². The first-order valence-electron chi connectivity index (χ1n) is 9.76. The third kappa shape index (κ3) is 4.53. The monoisotopic (exact) mass is 423 g/mol. The van der Waals surface area contributed by atoms with Crippen molar-refractivity contribution in [1.29, 1.82) is 0 Å². The van der Waals surface area contributed by atoms with E-state index >= 15 is 0 Å². The molecule has 2 aromatic carbocycles. The van der Waals surface area contributed by atoms with Gasteiger partial charge in [0.25, 0.3) is 5.91 Å². The minimum Gasteiger partial charge on any atom is -0.472 e. The van der Waals surface area contributed by atoms with Crippen molar-refractivity contribution in [2.45, 2.75) is 18.9 Å². The minimum absolute atomic E-state index is 0.0413. The Bertz CT molecular complexity index is 1110. The number of halogens is 2. The average Bonchev–Trinajstić information content (AvgIpc) is 2.77. The maximum Gasteiger partial charge on any atom is 0.274 e. The number of carbonyl (C=O) groups excluding carboxylic acids is 2. The van der Waals surface area contributed by atoms with E-state index in [0.717, 1.165) is 11.6 Å². The van der Waals surface area contributed by atoms with Crippen molar-refractivity contribution in [2.24, 2.45) is 0 Å². The normalized spacial score (nSPS) is 15.2. The number of fused-ring (bicyclic) bond motifs is 1. The molecule has 1 aliphatic rings. The summed E-state index contributed by atoms with van der Waals surface area (Å²) in [5, 5.41) is 2.42. The SMILES string of the molecule is O=C(CCCN1C(=O)[C@@H](c2ccccc2)Oc2cccnc21)Nc1ccc(F)cc1F. The summed E-state index contributed by atoms with van der Waals surface area (Å²) in [5.74, 6) is -1.41. The number of pyridine rings is 1. The molecule has 158 valence electrons. The lowest BCUT2D eigenvalue weighted by Gasteiger charge is -2.33. The van der Waals surface area contributed by atoms with Crippen LogP contribution in [0.15, 0.2) is 66.9 Å². The van der Waals surface area contributed by atoms with Crippen molar-refractivity contribution in [1.82, 2.24) is 4.98 Å². The molecule has 1 N–H and O–H groups in total. The lowest BCUT2D eigenvalue weighted by atomic mass is 10.1. The van der Waals surface area contributed by atoms with E-state index in [9.17, 15) is 18.4 Å². The highest BCUT2D eigenvalue weighted by Gasteiger charge is 2.36. The van der Waals surface area contributed by atoms with E-state index in [1.807, 2.05) is 30.3 Å². The molecular weight excluding hydrogens is 404 g/mol. The molecule has 0 fully saturated rings. The van der Waals surface area contributed by atoms with Crippen LogP contribution >= 0.6 is 0 Å². The van der Waals surface area contributed by atoms with Crippen molar-refractivity contribution in [2.75, 3.05) is 16.8 Å². The lowest BCUT2D eigenvalue weighted by molar-refractivity contribution is -0.127. The molecule has 1 aliphatic heterocycles. The van der Waals surface area contributed by atoms with Crippen LogP contribution in [0, 0.1) is 11.6 Å². The Balaban J connectivity index is 1.44. The van der Waals surface area contributed by atoms with Gasteiger partial charge in [-0.15, -0.1) is 0 Å². The van der Waals surface area contributed by atoms with Crippen LogP contribution in [0.25, 0.3) is 0 Å². The number of ether oxygens (including phenoxy) is 1. The zero-order valence-corrected chi connectivity index (χ0v) is 16.4. The minimum atomic E-state index is -0.847. The van der Waals surface area contributed by atoms with Gasteiger partial charge < -0.3 is 10.1 Å². The van der Waals surface area contributed by atoms with E-state index in [-0.39, 0.29) is 24.6 Å². The first-order chi connectivity index (χ1) is 15.0. The van der Waals surface area contributed by atoms with E-state index in [1.54, 1.807) is 18.3 Å². The maximum atomic E-state index is 13.7. The van der Waals surface area contributed by atoms with Crippen molar-refractivity contribution in [3.05, 3.63) is 84.1 Å². The molecule has 0 bridgehead atoms. The predicted molar refractivity (Wildman–Crippen MR) is 111 cm³/mol.